The van der Waals surface area contributed by atoms with Crippen molar-refractivity contribution in [3.63, 3.8) is 0 Å². The third kappa shape index (κ3) is 4.54. The number of benzene rings is 2. The van der Waals surface area contributed by atoms with E-state index in [-0.39, 0.29) is 18.3 Å². The number of amides is 1. The van der Waals surface area contributed by atoms with E-state index in [1.807, 2.05) is 38.1 Å². The smallest absolute Gasteiger partial charge is 0.265 e. The molecule has 0 aliphatic heterocycles. The summed E-state index contributed by atoms with van der Waals surface area (Å²) in [5, 5.41) is 14.3. The molecule has 1 amide bonds. The van der Waals surface area contributed by atoms with E-state index in [1.54, 1.807) is 19.1 Å². The molecular weight excluding hydrogens is 425 g/mol. The molecule has 0 spiro atoms. The number of halogens is 1. The lowest BCUT2D eigenvalue weighted by Crippen LogP contribution is -2.20. The molecule has 0 bridgehead atoms. The Morgan fingerprint density at radius 2 is 1.97 bits per heavy atom. The Morgan fingerprint density at radius 1 is 1.18 bits per heavy atom. The summed E-state index contributed by atoms with van der Waals surface area (Å²) in [5.74, 6) is 0.420. The lowest BCUT2D eigenvalue weighted by Gasteiger charge is -2.07. The van der Waals surface area contributed by atoms with E-state index in [0.29, 0.717) is 35.0 Å². The van der Waals surface area contributed by atoms with Crippen molar-refractivity contribution in [3.05, 3.63) is 59.4 Å². The van der Waals surface area contributed by atoms with Gasteiger partial charge in [0.2, 0.25) is 11.7 Å². The van der Waals surface area contributed by atoms with E-state index < -0.39 is 11.7 Å². The number of nitrogens with zero attached hydrogens (tertiary/aromatic N) is 4. The van der Waals surface area contributed by atoms with Crippen molar-refractivity contribution in [2.45, 2.75) is 27.3 Å². The Hall–Kier alpha value is -4.21. The molecule has 0 aliphatic carbocycles. The highest BCUT2D eigenvalue weighted by atomic mass is 19.1. The second-order valence-electron chi connectivity index (χ2n) is 7.55. The zero-order valence-corrected chi connectivity index (χ0v) is 18.5. The van der Waals surface area contributed by atoms with E-state index in [2.05, 4.69) is 25.9 Å². The molecule has 0 aliphatic rings. The predicted molar refractivity (Wildman–Crippen MR) is 124 cm³/mol. The molecule has 2 heterocycles. The number of anilines is 3. The fraction of sp³-hybridized carbons (Fsp3) is 0.217. The van der Waals surface area contributed by atoms with Gasteiger partial charge in [-0.2, -0.15) is 10.1 Å². The van der Waals surface area contributed by atoms with Crippen molar-refractivity contribution < 1.29 is 13.7 Å². The topological polar surface area (TPSA) is 124 Å². The lowest BCUT2D eigenvalue weighted by molar-refractivity contribution is -0.116. The molecule has 10 heteroatoms. The molecule has 4 rings (SSSR count). The molecule has 170 valence electrons. The minimum Gasteiger partial charge on any atom is -0.383 e. The maximum absolute atomic E-state index is 13.8. The molecule has 0 fully saturated rings. The number of nitrogens with one attached hydrogen (secondary N) is 2. The number of carbonyl (C=O) groups excluding carboxylic acids is 1. The predicted octanol–water partition coefficient (Wildman–Crippen LogP) is 4.01. The first-order valence-electron chi connectivity index (χ1n) is 10.4. The van der Waals surface area contributed by atoms with Crippen LogP contribution in [0, 0.1) is 19.7 Å². The summed E-state index contributed by atoms with van der Waals surface area (Å²) in [4.78, 5) is 17.1. The average Bonchev–Trinajstić information content (AvgIpc) is 3.36. The van der Waals surface area contributed by atoms with Gasteiger partial charge >= 0.3 is 0 Å². The standard InChI is InChI=1S/C23H24FN7O2/c1-4-26-22-19(23-28-21(30-33-23)16-8-6-5-7-13(16)2)20(25)31(29-22)12-18(32)27-15-10-9-14(3)17(24)11-15/h5-11H,4,12,25H2,1-3H3,(H,26,29)(H,27,32). The summed E-state index contributed by atoms with van der Waals surface area (Å²) in [5.41, 5.74) is 9.43. The number of nitrogen functional groups attached to an aromatic ring is 1. The zero-order chi connectivity index (χ0) is 23.5. The Labute approximate surface area is 189 Å². The van der Waals surface area contributed by atoms with Gasteiger partial charge in [0.05, 0.1) is 0 Å². The van der Waals surface area contributed by atoms with Crippen molar-refractivity contribution in [2.75, 3.05) is 22.9 Å². The molecule has 0 saturated carbocycles. The van der Waals surface area contributed by atoms with Crippen molar-refractivity contribution >= 4 is 23.2 Å². The van der Waals surface area contributed by atoms with Crippen LogP contribution in [0.5, 0.6) is 0 Å². The molecule has 0 unspecified atom stereocenters. The van der Waals surface area contributed by atoms with E-state index in [1.165, 1.54) is 10.7 Å². The number of hydrogen-bond donors (Lipinski definition) is 3. The summed E-state index contributed by atoms with van der Waals surface area (Å²) < 4.78 is 20.6. The second kappa shape index (κ2) is 9.11. The van der Waals surface area contributed by atoms with Crippen molar-refractivity contribution in [1.29, 1.82) is 0 Å². The van der Waals surface area contributed by atoms with E-state index >= 15 is 0 Å². The number of aromatic nitrogens is 4. The summed E-state index contributed by atoms with van der Waals surface area (Å²) in [7, 11) is 0. The molecular formula is C23H24FN7O2. The minimum atomic E-state index is -0.409. The van der Waals surface area contributed by atoms with Crippen LogP contribution in [-0.4, -0.2) is 32.4 Å². The number of aryl methyl sites for hydroxylation is 2. The van der Waals surface area contributed by atoms with Gasteiger partial charge in [-0.25, -0.2) is 9.07 Å². The molecule has 0 saturated heterocycles. The van der Waals surface area contributed by atoms with Crippen LogP contribution in [0.4, 0.5) is 21.7 Å². The van der Waals surface area contributed by atoms with Gasteiger partial charge < -0.3 is 20.9 Å². The molecule has 2 aromatic carbocycles. The largest absolute Gasteiger partial charge is 0.383 e. The third-order valence-corrected chi connectivity index (χ3v) is 5.11. The van der Waals surface area contributed by atoms with Gasteiger partial charge in [-0.15, -0.1) is 0 Å². The molecule has 4 aromatic rings. The number of rotatable bonds is 7. The van der Waals surface area contributed by atoms with Gasteiger partial charge in [0.25, 0.3) is 5.89 Å². The van der Waals surface area contributed by atoms with Gasteiger partial charge in [0.15, 0.2) is 5.82 Å². The Balaban J connectivity index is 1.61. The highest BCUT2D eigenvalue weighted by Gasteiger charge is 2.24. The van der Waals surface area contributed by atoms with Crippen LogP contribution in [0.3, 0.4) is 0 Å². The van der Waals surface area contributed by atoms with E-state index in [9.17, 15) is 9.18 Å². The third-order valence-electron chi connectivity index (χ3n) is 5.11. The molecule has 9 nitrogen and oxygen atoms in total. The first-order chi connectivity index (χ1) is 15.9. The van der Waals surface area contributed by atoms with Crippen LogP contribution >= 0.6 is 0 Å². The molecule has 33 heavy (non-hydrogen) atoms. The molecule has 2 aromatic heterocycles. The maximum atomic E-state index is 13.8. The highest BCUT2D eigenvalue weighted by molar-refractivity contribution is 5.91. The monoisotopic (exact) mass is 449 g/mol. The van der Waals surface area contributed by atoms with Crippen LogP contribution < -0.4 is 16.4 Å². The van der Waals surface area contributed by atoms with Crippen molar-refractivity contribution in [2.24, 2.45) is 0 Å². The van der Waals surface area contributed by atoms with Crippen molar-refractivity contribution in [1.82, 2.24) is 19.9 Å². The Morgan fingerprint density at radius 3 is 2.70 bits per heavy atom. The Bertz CT molecular complexity index is 1310. The summed E-state index contributed by atoms with van der Waals surface area (Å²) in [6.07, 6.45) is 0. The van der Waals surface area contributed by atoms with Crippen LogP contribution in [0.25, 0.3) is 22.8 Å². The first kappa shape index (κ1) is 22.0. The van der Waals surface area contributed by atoms with E-state index in [0.717, 1.165) is 11.1 Å². The maximum Gasteiger partial charge on any atom is 0.265 e. The minimum absolute atomic E-state index is 0.182. The molecule has 0 atom stereocenters. The normalized spacial score (nSPS) is 10.9. The average molecular weight is 449 g/mol. The zero-order valence-electron chi connectivity index (χ0n) is 18.5. The van der Waals surface area contributed by atoms with Crippen LogP contribution in [0.2, 0.25) is 0 Å². The highest BCUT2D eigenvalue weighted by Crippen LogP contribution is 2.34. The summed E-state index contributed by atoms with van der Waals surface area (Å²) in [6.45, 7) is 5.90. The van der Waals surface area contributed by atoms with Gasteiger partial charge in [0, 0.05) is 17.8 Å². The Kier molecular flexibility index (Phi) is 6.07. The number of nitrogens with two attached hydrogens (primary N) is 1. The first-order valence-corrected chi connectivity index (χ1v) is 10.4. The lowest BCUT2D eigenvalue weighted by atomic mass is 10.1. The van der Waals surface area contributed by atoms with Crippen molar-refractivity contribution in [3.8, 4) is 22.8 Å². The fourth-order valence-corrected chi connectivity index (χ4v) is 3.36. The molecule has 0 radical (unpaired) electrons. The molecule has 4 N–H and O–H groups in total. The summed E-state index contributed by atoms with van der Waals surface area (Å²) >= 11 is 0. The van der Waals surface area contributed by atoms with E-state index in [4.69, 9.17) is 10.3 Å². The van der Waals surface area contributed by atoms with Gasteiger partial charge in [0.1, 0.15) is 23.7 Å². The van der Waals surface area contributed by atoms with Gasteiger partial charge in [-0.1, -0.05) is 35.5 Å². The van der Waals surface area contributed by atoms with Gasteiger partial charge in [-0.3, -0.25) is 4.79 Å². The summed E-state index contributed by atoms with van der Waals surface area (Å²) in [6, 6.07) is 12.2. The number of hydrogen-bond acceptors (Lipinski definition) is 7. The second-order valence-corrected chi connectivity index (χ2v) is 7.55. The quantitative estimate of drug-likeness (QED) is 0.389. The van der Waals surface area contributed by atoms with Gasteiger partial charge in [-0.05, 0) is 44.0 Å². The number of carbonyl (C=O) groups is 1. The SMILES string of the molecule is CCNc1nn(CC(=O)Nc2ccc(C)c(F)c2)c(N)c1-c1nc(-c2ccccc2C)no1. The van der Waals surface area contributed by atoms with Crippen LogP contribution in [0.1, 0.15) is 18.1 Å². The van der Waals surface area contributed by atoms with Crippen LogP contribution in [-0.2, 0) is 11.3 Å². The fourth-order valence-electron chi connectivity index (χ4n) is 3.36. The van der Waals surface area contributed by atoms with Crippen LogP contribution in [0.15, 0.2) is 47.0 Å².